The highest BCUT2D eigenvalue weighted by atomic mass is 16.5. The molecule has 1 fully saturated rings. The van der Waals surface area contributed by atoms with Crippen LogP contribution >= 0.6 is 0 Å². The summed E-state index contributed by atoms with van der Waals surface area (Å²) in [4.78, 5) is 13.2. The summed E-state index contributed by atoms with van der Waals surface area (Å²) in [6.07, 6.45) is 1.26. The maximum atomic E-state index is 10.4. The van der Waals surface area contributed by atoms with Crippen molar-refractivity contribution in [3.05, 3.63) is 48.2 Å². The number of piperazine rings is 1. The first kappa shape index (κ1) is 16.7. The van der Waals surface area contributed by atoms with E-state index in [-0.39, 0.29) is 0 Å². The van der Waals surface area contributed by atoms with E-state index < -0.39 is 6.10 Å². The third-order valence-electron chi connectivity index (χ3n) is 4.47. The van der Waals surface area contributed by atoms with Gasteiger partial charge in [-0.1, -0.05) is 30.3 Å². The molecule has 0 bridgehead atoms. The van der Waals surface area contributed by atoms with Crippen molar-refractivity contribution in [1.82, 2.24) is 14.9 Å². The fourth-order valence-corrected chi connectivity index (χ4v) is 3.05. The highest BCUT2D eigenvalue weighted by Gasteiger charge is 2.27. The summed E-state index contributed by atoms with van der Waals surface area (Å²) in [5, 5.41) is 10.4. The topological polar surface area (TPSA) is 61.7 Å². The lowest BCUT2D eigenvalue weighted by molar-refractivity contribution is 0.0847. The van der Waals surface area contributed by atoms with Crippen LogP contribution in [-0.4, -0.2) is 59.3 Å². The van der Waals surface area contributed by atoms with Gasteiger partial charge in [0, 0.05) is 44.5 Å². The Bertz CT molecular complexity index is 652. The summed E-state index contributed by atoms with van der Waals surface area (Å²) in [6.45, 7) is 5.33. The van der Waals surface area contributed by atoms with Crippen LogP contribution in [0.3, 0.4) is 0 Å². The van der Waals surface area contributed by atoms with Crippen molar-refractivity contribution in [3.8, 4) is 5.88 Å². The van der Waals surface area contributed by atoms with Crippen LogP contribution in [0.5, 0.6) is 5.88 Å². The van der Waals surface area contributed by atoms with Crippen LogP contribution in [0.25, 0.3) is 0 Å². The first-order chi connectivity index (χ1) is 11.7. The quantitative estimate of drug-likeness (QED) is 0.902. The molecule has 2 heterocycles. The van der Waals surface area contributed by atoms with Crippen LogP contribution in [-0.2, 0) is 0 Å². The molecule has 0 unspecified atom stereocenters. The summed E-state index contributed by atoms with van der Waals surface area (Å²) in [6, 6.07) is 11.9. The number of hydrogen-bond donors (Lipinski definition) is 1. The summed E-state index contributed by atoms with van der Waals surface area (Å²) in [7, 11) is 1.61. The van der Waals surface area contributed by atoms with Crippen molar-refractivity contribution < 1.29 is 9.84 Å². The minimum atomic E-state index is -0.465. The van der Waals surface area contributed by atoms with Gasteiger partial charge in [-0.15, -0.1) is 0 Å². The Morgan fingerprint density at radius 3 is 2.75 bits per heavy atom. The van der Waals surface area contributed by atoms with Gasteiger partial charge in [0.2, 0.25) is 11.8 Å². The van der Waals surface area contributed by atoms with E-state index in [1.165, 1.54) is 0 Å². The normalized spacial score (nSPS) is 20.0. The van der Waals surface area contributed by atoms with Crippen molar-refractivity contribution in [2.45, 2.75) is 19.1 Å². The average molecular weight is 328 g/mol. The number of ether oxygens (including phenoxy) is 1. The maximum Gasteiger partial charge on any atom is 0.228 e. The van der Waals surface area contributed by atoms with Crippen LogP contribution in [0.1, 0.15) is 18.6 Å². The molecule has 1 aromatic heterocycles. The van der Waals surface area contributed by atoms with E-state index in [9.17, 15) is 5.11 Å². The zero-order valence-corrected chi connectivity index (χ0v) is 14.2. The van der Waals surface area contributed by atoms with Crippen LogP contribution in [0.4, 0.5) is 5.95 Å². The third-order valence-corrected chi connectivity index (χ3v) is 4.47. The van der Waals surface area contributed by atoms with Gasteiger partial charge in [0.1, 0.15) is 0 Å². The lowest BCUT2D eigenvalue weighted by atomic mass is 10.1. The van der Waals surface area contributed by atoms with E-state index in [1.807, 2.05) is 30.3 Å². The molecule has 1 saturated heterocycles. The van der Waals surface area contributed by atoms with Crippen molar-refractivity contribution in [2.75, 3.05) is 38.2 Å². The van der Waals surface area contributed by atoms with Gasteiger partial charge in [-0.05, 0) is 12.5 Å². The molecule has 1 aliphatic rings. The van der Waals surface area contributed by atoms with Gasteiger partial charge < -0.3 is 14.7 Å². The second-order valence-corrected chi connectivity index (χ2v) is 6.12. The van der Waals surface area contributed by atoms with E-state index in [1.54, 1.807) is 19.4 Å². The molecule has 128 valence electrons. The van der Waals surface area contributed by atoms with Gasteiger partial charge in [0.05, 0.1) is 13.2 Å². The van der Waals surface area contributed by atoms with Crippen LogP contribution in [0, 0.1) is 0 Å². The third kappa shape index (κ3) is 3.83. The van der Waals surface area contributed by atoms with Gasteiger partial charge in [-0.25, -0.2) is 4.98 Å². The molecule has 0 saturated carbocycles. The molecular formula is C18H24N4O2. The molecule has 2 atom stereocenters. The van der Waals surface area contributed by atoms with E-state index >= 15 is 0 Å². The second-order valence-electron chi connectivity index (χ2n) is 6.12. The highest BCUT2D eigenvalue weighted by Crippen LogP contribution is 2.20. The number of benzene rings is 1. The number of aliphatic hydroxyl groups is 1. The van der Waals surface area contributed by atoms with E-state index in [0.29, 0.717) is 24.4 Å². The first-order valence-electron chi connectivity index (χ1n) is 8.26. The van der Waals surface area contributed by atoms with Gasteiger partial charge in [-0.2, -0.15) is 4.98 Å². The summed E-state index contributed by atoms with van der Waals surface area (Å²) >= 11 is 0. The molecule has 24 heavy (non-hydrogen) atoms. The SMILES string of the molecule is COc1ccnc(N2CCN(C[C@@H](O)c3ccccc3)[C@@H](C)C2)n1. The number of β-amino-alcohol motifs (C(OH)–C–C–N with tert-alkyl or cyclic N) is 1. The van der Waals surface area contributed by atoms with Gasteiger partial charge in [0.25, 0.3) is 0 Å². The molecule has 0 spiro atoms. The molecule has 0 aliphatic carbocycles. The molecule has 1 aromatic carbocycles. The van der Waals surface area contributed by atoms with Gasteiger partial charge in [0.15, 0.2) is 0 Å². The molecule has 6 heteroatoms. The number of hydrogen-bond acceptors (Lipinski definition) is 6. The van der Waals surface area contributed by atoms with Crippen LogP contribution in [0.15, 0.2) is 42.6 Å². The molecule has 0 radical (unpaired) electrons. The standard InChI is InChI=1S/C18H24N4O2/c1-14-12-22(18-19-9-8-17(20-18)24-2)11-10-21(14)13-16(23)15-6-4-3-5-7-15/h3-9,14,16,23H,10-13H2,1-2H3/t14-,16+/m0/s1. The minimum Gasteiger partial charge on any atom is -0.481 e. The number of aliphatic hydroxyl groups excluding tert-OH is 1. The summed E-state index contributed by atoms with van der Waals surface area (Å²) < 4.78 is 5.17. The Hall–Kier alpha value is -2.18. The molecule has 3 rings (SSSR count). The lowest BCUT2D eigenvalue weighted by Gasteiger charge is -2.40. The first-order valence-corrected chi connectivity index (χ1v) is 8.26. The van der Waals surface area contributed by atoms with Crippen LogP contribution in [0.2, 0.25) is 0 Å². The minimum absolute atomic E-state index is 0.312. The maximum absolute atomic E-state index is 10.4. The van der Waals surface area contributed by atoms with Crippen molar-refractivity contribution in [2.24, 2.45) is 0 Å². The van der Waals surface area contributed by atoms with Gasteiger partial charge in [-0.3, -0.25) is 4.90 Å². The average Bonchev–Trinajstić information content (AvgIpc) is 2.64. The summed E-state index contributed by atoms with van der Waals surface area (Å²) in [5.41, 5.74) is 0.961. The van der Waals surface area contributed by atoms with E-state index in [2.05, 4.69) is 26.7 Å². The molecule has 1 aliphatic heterocycles. The lowest BCUT2D eigenvalue weighted by Crippen LogP contribution is -2.53. The molecular weight excluding hydrogens is 304 g/mol. The number of methoxy groups -OCH3 is 1. The smallest absolute Gasteiger partial charge is 0.228 e. The molecule has 1 N–H and O–H groups in total. The second kappa shape index (κ2) is 7.59. The molecule has 2 aromatic rings. The molecule has 6 nitrogen and oxygen atoms in total. The van der Waals surface area contributed by atoms with Crippen molar-refractivity contribution in [3.63, 3.8) is 0 Å². The number of aromatic nitrogens is 2. The Kier molecular flexibility index (Phi) is 5.27. The Balaban J connectivity index is 1.61. The largest absolute Gasteiger partial charge is 0.481 e. The number of nitrogens with zero attached hydrogens (tertiary/aromatic N) is 4. The number of anilines is 1. The van der Waals surface area contributed by atoms with E-state index in [0.717, 1.165) is 25.2 Å². The Morgan fingerprint density at radius 2 is 2.04 bits per heavy atom. The fourth-order valence-electron chi connectivity index (χ4n) is 3.05. The zero-order chi connectivity index (χ0) is 16.9. The zero-order valence-electron chi connectivity index (χ0n) is 14.2. The predicted octanol–water partition coefficient (Wildman–Crippen LogP) is 1.73. The van der Waals surface area contributed by atoms with Crippen molar-refractivity contribution in [1.29, 1.82) is 0 Å². The van der Waals surface area contributed by atoms with E-state index in [4.69, 9.17) is 4.74 Å². The van der Waals surface area contributed by atoms with Crippen LogP contribution < -0.4 is 9.64 Å². The predicted molar refractivity (Wildman–Crippen MR) is 93.2 cm³/mol. The van der Waals surface area contributed by atoms with Gasteiger partial charge >= 0.3 is 0 Å². The Morgan fingerprint density at radius 1 is 1.25 bits per heavy atom. The highest BCUT2D eigenvalue weighted by molar-refractivity contribution is 5.33. The fraction of sp³-hybridized carbons (Fsp3) is 0.444. The monoisotopic (exact) mass is 328 g/mol. The number of rotatable bonds is 5. The molecule has 0 amide bonds. The summed E-state index contributed by atoms with van der Waals surface area (Å²) in [5.74, 6) is 1.28. The Labute approximate surface area is 142 Å². The van der Waals surface area contributed by atoms with Crippen molar-refractivity contribution >= 4 is 5.95 Å².